The van der Waals surface area contributed by atoms with Crippen LogP contribution in [0.15, 0.2) is 18.2 Å². The number of anilines is 1. The highest BCUT2D eigenvalue weighted by molar-refractivity contribution is 5.49. The molecule has 0 bridgehead atoms. The van der Waals surface area contributed by atoms with E-state index in [-0.39, 0.29) is 5.56 Å². The van der Waals surface area contributed by atoms with Gasteiger partial charge in [0.25, 0.3) is 0 Å². The lowest BCUT2D eigenvalue weighted by Gasteiger charge is -2.24. The molecule has 0 amide bonds. The minimum absolute atomic E-state index is 0.258. The highest BCUT2D eigenvalue weighted by atomic mass is 19.4. The number of rotatable bonds is 3. The number of halogens is 3. The summed E-state index contributed by atoms with van der Waals surface area (Å²) in [6.07, 6.45) is -0.851. The molecule has 0 spiro atoms. The van der Waals surface area contributed by atoms with Gasteiger partial charge in [-0.05, 0) is 44.0 Å². The van der Waals surface area contributed by atoms with Crippen LogP contribution >= 0.6 is 0 Å². The van der Waals surface area contributed by atoms with Crippen LogP contribution in [0.4, 0.5) is 18.9 Å². The minimum Gasteiger partial charge on any atom is -0.383 e. The molecule has 1 aromatic rings. The van der Waals surface area contributed by atoms with Crippen LogP contribution < -0.4 is 10.6 Å². The Kier molecular flexibility index (Phi) is 4.34. The number of hydrogen-bond donors (Lipinski definition) is 2. The van der Waals surface area contributed by atoms with Gasteiger partial charge in [-0.25, -0.2) is 0 Å². The summed E-state index contributed by atoms with van der Waals surface area (Å²) in [7, 11) is 0. The average Bonchev–Trinajstić information content (AvgIpc) is 2.37. The van der Waals surface area contributed by atoms with Crippen LogP contribution in [0.1, 0.15) is 30.4 Å². The molecule has 1 aliphatic rings. The van der Waals surface area contributed by atoms with Crippen molar-refractivity contribution in [2.24, 2.45) is 0 Å². The molecule has 2 nitrogen and oxygen atoms in total. The Morgan fingerprint density at radius 3 is 2.74 bits per heavy atom. The number of aryl methyl sites for hydroxylation is 1. The van der Waals surface area contributed by atoms with E-state index in [0.29, 0.717) is 18.3 Å². The lowest BCUT2D eigenvalue weighted by Crippen LogP contribution is -2.39. The predicted molar refractivity (Wildman–Crippen MR) is 70.3 cm³/mol. The largest absolute Gasteiger partial charge is 0.416 e. The predicted octanol–water partition coefficient (Wildman–Crippen LogP) is 3.57. The first-order valence-corrected chi connectivity index (χ1v) is 6.62. The van der Waals surface area contributed by atoms with Crippen LogP contribution in [0.25, 0.3) is 0 Å². The van der Waals surface area contributed by atoms with E-state index in [1.807, 2.05) is 0 Å². The van der Waals surface area contributed by atoms with Crippen molar-refractivity contribution in [3.63, 3.8) is 0 Å². The Morgan fingerprint density at radius 2 is 2.11 bits per heavy atom. The van der Waals surface area contributed by atoms with Crippen molar-refractivity contribution >= 4 is 5.69 Å². The Hall–Kier alpha value is -1.23. The molecular weight excluding hydrogens is 253 g/mol. The van der Waals surface area contributed by atoms with Crippen LogP contribution in [-0.2, 0) is 6.18 Å². The fraction of sp³-hybridized carbons (Fsp3) is 0.571. The normalized spacial score (nSPS) is 20.3. The third-order valence-corrected chi connectivity index (χ3v) is 3.51. The fourth-order valence-corrected chi connectivity index (χ4v) is 2.38. The maximum atomic E-state index is 12.8. The Bertz CT molecular complexity index is 423. The molecule has 1 saturated heterocycles. The van der Waals surface area contributed by atoms with Crippen LogP contribution in [0.5, 0.6) is 0 Å². The monoisotopic (exact) mass is 272 g/mol. The van der Waals surface area contributed by atoms with Crippen molar-refractivity contribution in [2.75, 3.05) is 18.4 Å². The van der Waals surface area contributed by atoms with Gasteiger partial charge in [-0.15, -0.1) is 0 Å². The van der Waals surface area contributed by atoms with Crippen molar-refractivity contribution in [1.29, 1.82) is 0 Å². The van der Waals surface area contributed by atoms with Gasteiger partial charge in [0.05, 0.1) is 5.56 Å². The van der Waals surface area contributed by atoms with Gasteiger partial charge >= 0.3 is 6.18 Å². The molecular formula is C14H19F3N2. The molecule has 19 heavy (non-hydrogen) atoms. The third kappa shape index (κ3) is 3.86. The Morgan fingerprint density at radius 1 is 1.32 bits per heavy atom. The second kappa shape index (κ2) is 5.82. The smallest absolute Gasteiger partial charge is 0.383 e. The number of piperidine rings is 1. The summed E-state index contributed by atoms with van der Waals surface area (Å²) in [5, 5.41) is 6.45. The second-order valence-corrected chi connectivity index (χ2v) is 5.06. The van der Waals surface area contributed by atoms with E-state index in [1.165, 1.54) is 31.9 Å². The summed E-state index contributed by atoms with van der Waals surface area (Å²) in [4.78, 5) is 0. The van der Waals surface area contributed by atoms with Crippen LogP contribution in [0.3, 0.4) is 0 Å². The Labute approximate surface area is 111 Å². The SMILES string of the molecule is Cc1ccc(NCC2CCCCN2)cc1C(F)(F)F. The molecule has 1 aromatic carbocycles. The van der Waals surface area contributed by atoms with E-state index < -0.39 is 11.7 Å². The quantitative estimate of drug-likeness (QED) is 0.879. The number of alkyl halides is 3. The molecule has 0 radical (unpaired) electrons. The number of hydrogen-bond acceptors (Lipinski definition) is 2. The second-order valence-electron chi connectivity index (χ2n) is 5.06. The summed E-state index contributed by atoms with van der Waals surface area (Å²) in [6.45, 7) is 3.14. The summed E-state index contributed by atoms with van der Waals surface area (Å²) < 4.78 is 38.4. The van der Waals surface area contributed by atoms with Gasteiger partial charge in [-0.3, -0.25) is 0 Å². The van der Waals surface area contributed by atoms with E-state index in [2.05, 4.69) is 10.6 Å². The molecule has 2 rings (SSSR count). The molecule has 1 atom stereocenters. The number of benzene rings is 1. The first kappa shape index (κ1) is 14.2. The first-order chi connectivity index (χ1) is 8.97. The van der Waals surface area contributed by atoms with Gasteiger partial charge in [-0.1, -0.05) is 12.5 Å². The molecule has 0 saturated carbocycles. The maximum Gasteiger partial charge on any atom is 0.416 e. The average molecular weight is 272 g/mol. The van der Waals surface area contributed by atoms with E-state index in [1.54, 1.807) is 6.07 Å². The standard InChI is InChI=1S/C14H19F3N2/c1-10-5-6-11(8-13(10)14(15,16)17)19-9-12-4-2-3-7-18-12/h5-6,8,12,18-19H,2-4,7,9H2,1H3. The zero-order valence-electron chi connectivity index (χ0n) is 11.0. The van der Waals surface area contributed by atoms with Crippen LogP contribution in [0.2, 0.25) is 0 Å². The molecule has 5 heteroatoms. The zero-order chi connectivity index (χ0) is 13.9. The van der Waals surface area contributed by atoms with E-state index in [0.717, 1.165) is 13.0 Å². The van der Waals surface area contributed by atoms with Crippen LogP contribution in [0, 0.1) is 6.92 Å². The van der Waals surface area contributed by atoms with Gasteiger partial charge in [0.1, 0.15) is 0 Å². The fourth-order valence-electron chi connectivity index (χ4n) is 2.38. The van der Waals surface area contributed by atoms with Crippen molar-refractivity contribution in [1.82, 2.24) is 5.32 Å². The van der Waals surface area contributed by atoms with E-state index in [4.69, 9.17) is 0 Å². The summed E-state index contributed by atoms with van der Waals surface area (Å²) in [5.74, 6) is 0. The van der Waals surface area contributed by atoms with Gasteiger partial charge in [0, 0.05) is 18.3 Å². The van der Waals surface area contributed by atoms with Crippen LogP contribution in [-0.4, -0.2) is 19.1 Å². The highest BCUT2D eigenvalue weighted by Gasteiger charge is 2.32. The summed E-state index contributed by atoms with van der Waals surface area (Å²) in [5.41, 5.74) is 0.230. The molecule has 0 aliphatic carbocycles. The van der Waals surface area contributed by atoms with Gasteiger partial charge in [-0.2, -0.15) is 13.2 Å². The van der Waals surface area contributed by atoms with Crippen molar-refractivity contribution in [2.45, 2.75) is 38.4 Å². The minimum atomic E-state index is -4.29. The highest BCUT2D eigenvalue weighted by Crippen LogP contribution is 2.33. The molecule has 0 aromatic heterocycles. The lowest BCUT2D eigenvalue weighted by atomic mass is 10.0. The Balaban J connectivity index is 2.00. The summed E-state index contributed by atoms with van der Waals surface area (Å²) >= 11 is 0. The molecule has 1 fully saturated rings. The lowest BCUT2D eigenvalue weighted by molar-refractivity contribution is -0.138. The number of nitrogens with one attached hydrogen (secondary N) is 2. The van der Waals surface area contributed by atoms with Gasteiger partial charge in [0.15, 0.2) is 0 Å². The van der Waals surface area contributed by atoms with E-state index in [9.17, 15) is 13.2 Å². The zero-order valence-corrected chi connectivity index (χ0v) is 11.0. The first-order valence-electron chi connectivity index (χ1n) is 6.62. The van der Waals surface area contributed by atoms with Crippen molar-refractivity contribution in [3.8, 4) is 0 Å². The van der Waals surface area contributed by atoms with Crippen molar-refractivity contribution in [3.05, 3.63) is 29.3 Å². The topological polar surface area (TPSA) is 24.1 Å². The third-order valence-electron chi connectivity index (χ3n) is 3.51. The summed E-state index contributed by atoms with van der Waals surface area (Å²) in [6, 6.07) is 4.76. The van der Waals surface area contributed by atoms with Gasteiger partial charge in [0.2, 0.25) is 0 Å². The van der Waals surface area contributed by atoms with Gasteiger partial charge < -0.3 is 10.6 Å². The maximum absolute atomic E-state index is 12.8. The molecule has 106 valence electrons. The molecule has 2 N–H and O–H groups in total. The molecule has 1 aliphatic heterocycles. The molecule has 1 unspecified atom stereocenters. The molecule has 1 heterocycles. The van der Waals surface area contributed by atoms with Crippen molar-refractivity contribution < 1.29 is 13.2 Å². The van der Waals surface area contributed by atoms with E-state index >= 15 is 0 Å².